The van der Waals surface area contributed by atoms with Crippen molar-refractivity contribution >= 4 is 0 Å². The molecule has 2 aromatic carbocycles. The Labute approximate surface area is 111 Å². The Bertz CT molecular complexity index is 402. The van der Waals surface area contributed by atoms with Gasteiger partial charge in [-0.3, -0.25) is 0 Å². The summed E-state index contributed by atoms with van der Waals surface area (Å²) in [6.07, 6.45) is 2.38. The second-order valence-corrected chi connectivity index (χ2v) is 5.14. The van der Waals surface area contributed by atoms with Crippen LogP contribution in [-0.2, 0) is 0 Å². The summed E-state index contributed by atoms with van der Waals surface area (Å²) in [5, 5.41) is 0. The molecule has 0 N–H and O–H groups in total. The molecule has 2 rings (SSSR count). The van der Waals surface area contributed by atoms with Gasteiger partial charge in [-0.25, -0.2) is 0 Å². The van der Waals surface area contributed by atoms with Crippen molar-refractivity contribution in [1.82, 2.24) is 0 Å². The first-order chi connectivity index (χ1) is 8.77. The van der Waals surface area contributed by atoms with Gasteiger partial charge in [0.05, 0.1) is 0 Å². The maximum atomic E-state index is 2.29. The molecule has 0 nitrogen and oxygen atoms in total. The van der Waals surface area contributed by atoms with Crippen LogP contribution >= 0.6 is 0 Å². The number of hydrogen-bond donors (Lipinski definition) is 0. The number of benzene rings is 2. The van der Waals surface area contributed by atoms with Crippen LogP contribution in [0, 0.1) is 11.8 Å². The van der Waals surface area contributed by atoms with Gasteiger partial charge in [0.25, 0.3) is 0 Å². The SMILES string of the molecule is CC(C)CC[C](c1ccccc1)c1ccccc1. The molecule has 0 spiro atoms. The largest absolute Gasteiger partial charge is 0.0628 e. The van der Waals surface area contributed by atoms with Crippen LogP contribution in [0.2, 0.25) is 0 Å². The van der Waals surface area contributed by atoms with E-state index in [0.717, 1.165) is 12.3 Å². The molecular weight excluding hydrogens is 216 g/mol. The summed E-state index contributed by atoms with van der Waals surface area (Å²) in [6, 6.07) is 21.5. The summed E-state index contributed by atoms with van der Waals surface area (Å²) in [7, 11) is 0. The van der Waals surface area contributed by atoms with E-state index < -0.39 is 0 Å². The summed E-state index contributed by atoms with van der Waals surface area (Å²) in [4.78, 5) is 0. The highest BCUT2D eigenvalue weighted by molar-refractivity contribution is 5.45. The first-order valence-electron chi connectivity index (χ1n) is 6.74. The summed E-state index contributed by atoms with van der Waals surface area (Å²) in [5.74, 6) is 2.21. The Kier molecular flexibility index (Phi) is 4.58. The van der Waals surface area contributed by atoms with Crippen LogP contribution in [-0.4, -0.2) is 0 Å². The summed E-state index contributed by atoms with van der Waals surface area (Å²) in [6.45, 7) is 4.57. The molecule has 0 saturated heterocycles. The normalized spacial score (nSPS) is 11.1. The van der Waals surface area contributed by atoms with Gasteiger partial charge < -0.3 is 0 Å². The first kappa shape index (κ1) is 12.9. The van der Waals surface area contributed by atoms with Gasteiger partial charge in [0.2, 0.25) is 0 Å². The third kappa shape index (κ3) is 3.46. The van der Waals surface area contributed by atoms with Crippen LogP contribution in [0.1, 0.15) is 37.8 Å². The zero-order valence-electron chi connectivity index (χ0n) is 11.3. The average molecular weight is 237 g/mol. The second-order valence-electron chi connectivity index (χ2n) is 5.14. The van der Waals surface area contributed by atoms with E-state index >= 15 is 0 Å². The predicted molar refractivity (Wildman–Crippen MR) is 78.4 cm³/mol. The molecule has 0 aliphatic carbocycles. The average Bonchev–Trinajstić information content (AvgIpc) is 2.41. The molecule has 1 radical (unpaired) electrons. The molecule has 18 heavy (non-hydrogen) atoms. The molecule has 0 saturated carbocycles. The standard InChI is InChI=1S/C18H21/c1-15(2)13-14-18(16-9-5-3-6-10-16)17-11-7-4-8-12-17/h3-12,15H,13-14H2,1-2H3. The molecule has 0 aliphatic rings. The topological polar surface area (TPSA) is 0 Å². The van der Waals surface area contributed by atoms with E-state index in [9.17, 15) is 0 Å². The van der Waals surface area contributed by atoms with Crippen molar-refractivity contribution in [1.29, 1.82) is 0 Å². The fourth-order valence-corrected chi connectivity index (χ4v) is 2.17. The lowest BCUT2D eigenvalue weighted by atomic mass is 9.86. The Hall–Kier alpha value is -1.56. The van der Waals surface area contributed by atoms with Gasteiger partial charge >= 0.3 is 0 Å². The van der Waals surface area contributed by atoms with Crippen LogP contribution in [0.5, 0.6) is 0 Å². The second kappa shape index (κ2) is 6.39. The molecule has 2 aromatic rings. The monoisotopic (exact) mass is 237 g/mol. The zero-order valence-corrected chi connectivity index (χ0v) is 11.3. The van der Waals surface area contributed by atoms with Crippen LogP contribution in [0.25, 0.3) is 0 Å². The summed E-state index contributed by atoms with van der Waals surface area (Å²) in [5.41, 5.74) is 2.70. The molecule has 0 bridgehead atoms. The van der Waals surface area contributed by atoms with Gasteiger partial charge in [0.15, 0.2) is 0 Å². The van der Waals surface area contributed by atoms with Crippen LogP contribution in [0.15, 0.2) is 60.7 Å². The van der Waals surface area contributed by atoms with Gasteiger partial charge in [-0.2, -0.15) is 0 Å². The highest BCUT2D eigenvalue weighted by Gasteiger charge is 2.14. The molecule has 0 aromatic heterocycles. The number of rotatable bonds is 5. The highest BCUT2D eigenvalue weighted by atomic mass is 14.2. The summed E-state index contributed by atoms with van der Waals surface area (Å²) >= 11 is 0. The molecule has 93 valence electrons. The third-order valence-corrected chi connectivity index (χ3v) is 3.22. The predicted octanol–water partition coefficient (Wildman–Crippen LogP) is 5.09. The molecule has 0 fully saturated rings. The lowest BCUT2D eigenvalue weighted by Crippen LogP contribution is -2.04. The van der Waals surface area contributed by atoms with Crippen molar-refractivity contribution < 1.29 is 0 Å². The van der Waals surface area contributed by atoms with Crippen molar-refractivity contribution in [2.45, 2.75) is 26.7 Å². The van der Waals surface area contributed by atoms with E-state index in [0.29, 0.717) is 0 Å². The molecule has 0 heterocycles. The van der Waals surface area contributed by atoms with E-state index in [2.05, 4.69) is 74.5 Å². The van der Waals surface area contributed by atoms with Gasteiger partial charge in [0, 0.05) is 5.92 Å². The maximum Gasteiger partial charge on any atom is 0.0340 e. The Morgan fingerprint density at radius 1 is 0.778 bits per heavy atom. The number of hydrogen-bond acceptors (Lipinski definition) is 0. The highest BCUT2D eigenvalue weighted by Crippen LogP contribution is 2.29. The molecule has 0 unspecified atom stereocenters. The third-order valence-electron chi connectivity index (χ3n) is 3.22. The smallest absolute Gasteiger partial charge is 0.0340 e. The Morgan fingerprint density at radius 3 is 1.61 bits per heavy atom. The molecule has 0 amide bonds. The maximum absolute atomic E-state index is 2.29. The molecular formula is C18H21. The lowest BCUT2D eigenvalue weighted by Gasteiger charge is -2.18. The van der Waals surface area contributed by atoms with Gasteiger partial charge in [-0.1, -0.05) is 74.5 Å². The van der Waals surface area contributed by atoms with Gasteiger partial charge in [-0.15, -0.1) is 0 Å². The van der Waals surface area contributed by atoms with Crippen molar-refractivity contribution in [3.05, 3.63) is 77.7 Å². The Morgan fingerprint density at radius 2 is 1.22 bits per heavy atom. The minimum absolute atomic E-state index is 0.743. The van der Waals surface area contributed by atoms with E-state index in [1.54, 1.807) is 0 Å². The molecule has 0 heteroatoms. The van der Waals surface area contributed by atoms with Crippen molar-refractivity contribution in [3.63, 3.8) is 0 Å². The van der Waals surface area contributed by atoms with Crippen LogP contribution in [0.4, 0.5) is 0 Å². The van der Waals surface area contributed by atoms with Gasteiger partial charge in [-0.05, 0) is 29.9 Å². The molecule has 0 aliphatic heterocycles. The van der Waals surface area contributed by atoms with E-state index in [-0.39, 0.29) is 0 Å². The lowest BCUT2D eigenvalue weighted by molar-refractivity contribution is 0.573. The van der Waals surface area contributed by atoms with Crippen molar-refractivity contribution in [2.24, 2.45) is 5.92 Å². The van der Waals surface area contributed by atoms with E-state index in [1.165, 1.54) is 23.5 Å². The van der Waals surface area contributed by atoms with Crippen molar-refractivity contribution in [3.8, 4) is 0 Å². The van der Waals surface area contributed by atoms with Gasteiger partial charge in [0.1, 0.15) is 0 Å². The van der Waals surface area contributed by atoms with Crippen LogP contribution < -0.4 is 0 Å². The minimum Gasteiger partial charge on any atom is -0.0628 e. The minimum atomic E-state index is 0.743. The quantitative estimate of drug-likeness (QED) is 0.679. The van der Waals surface area contributed by atoms with Crippen LogP contribution in [0.3, 0.4) is 0 Å². The zero-order chi connectivity index (χ0) is 12.8. The van der Waals surface area contributed by atoms with E-state index in [1.807, 2.05) is 0 Å². The fourth-order valence-electron chi connectivity index (χ4n) is 2.17. The fraction of sp³-hybridized carbons (Fsp3) is 0.278. The Balaban J connectivity index is 2.24. The van der Waals surface area contributed by atoms with E-state index in [4.69, 9.17) is 0 Å². The van der Waals surface area contributed by atoms with Crippen molar-refractivity contribution in [2.75, 3.05) is 0 Å². The first-order valence-corrected chi connectivity index (χ1v) is 6.74. The summed E-state index contributed by atoms with van der Waals surface area (Å²) < 4.78 is 0. The molecule has 0 atom stereocenters.